The Morgan fingerprint density at radius 1 is 1.03 bits per heavy atom. The van der Waals surface area contributed by atoms with Crippen molar-refractivity contribution in [1.29, 1.82) is 0 Å². The molecule has 0 bridgehead atoms. The summed E-state index contributed by atoms with van der Waals surface area (Å²) >= 11 is 0. The Morgan fingerprint density at radius 3 is 2.68 bits per heavy atom. The average molecular weight is 421 g/mol. The lowest BCUT2D eigenvalue weighted by atomic mass is 9.98. The van der Waals surface area contributed by atoms with E-state index in [-0.39, 0.29) is 17.1 Å². The van der Waals surface area contributed by atoms with Crippen molar-refractivity contribution in [2.75, 3.05) is 26.9 Å². The number of hydrogen-bond acceptors (Lipinski definition) is 5. The third-order valence-corrected chi connectivity index (χ3v) is 5.60. The number of fused-ring (bicyclic) bond motifs is 2. The molecule has 6 heteroatoms. The molecule has 2 aromatic carbocycles. The van der Waals surface area contributed by atoms with Gasteiger partial charge in [0.1, 0.15) is 11.3 Å². The summed E-state index contributed by atoms with van der Waals surface area (Å²) in [7, 11) is 1.59. The van der Waals surface area contributed by atoms with Crippen LogP contribution in [0.25, 0.3) is 11.0 Å². The van der Waals surface area contributed by atoms with Crippen molar-refractivity contribution in [3.8, 4) is 5.75 Å². The Balaban J connectivity index is 1.78. The van der Waals surface area contributed by atoms with Gasteiger partial charge in [-0.05, 0) is 36.2 Å². The summed E-state index contributed by atoms with van der Waals surface area (Å²) in [6.07, 6.45) is 3.23. The first-order chi connectivity index (χ1) is 15.2. The molecule has 1 aliphatic rings. The number of ether oxygens (including phenoxy) is 2. The fourth-order valence-corrected chi connectivity index (χ4v) is 4.05. The molecule has 0 aliphatic carbocycles. The van der Waals surface area contributed by atoms with Crippen molar-refractivity contribution >= 4 is 16.9 Å². The van der Waals surface area contributed by atoms with Crippen molar-refractivity contribution in [3.05, 3.63) is 75.6 Å². The summed E-state index contributed by atoms with van der Waals surface area (Å²) < 4.78 is 17.0. The van der Waals surface area contributed by atoms with E-state index in [9.17, 15) is 9.59 Å². The first-order valence-corrected chi connectivity index (χ1v) is 10.7. The highest BCUT2D eigenvalue weighted by Gasteiger charge is 2.42. The van der Waals surface area contributed by atoms with Crippen LogP contribution in [0.3, 0.4) is 0 Å². The molecule has 0 fully saturated rings. The van der Waals surface area contributed by atoms with Crippen LogP contribution in [0.2, 0.25) is 0 Å². The van der Waals surface area contributed by atoms with Crippen molar-refractivity contribution < 1.29 is 18.7 Å². The number of amides is 1. The minimum absolute atomic E-state index is 0.110. The van der Waals surface area contributed by atoms with Gasteiger partial charge in [0.2, 0.25) is 5.76 Å². The lowest BCUT2D eigenvalue weighted by Crippen LogP contribution is -2.32. The third-order valence-electron chi connectivity index (χ3n) is 5.60. The second kappa shape index (κ2) is 9.35. The van der Waals surface area contributed by atoms with Crippen LogP contribution in [0.4, 0.5) is 0 Å². The SMILES string of the molecule is CCCCCOc1cccc(C2c3c(oc4ccccc4c3=O)C(=O)N2CCOC)c1. The highest BCUT2D eigenvalue weighted by atomic mass is 16.5. The van der Waals surface area contributed by atoms with E-state index in [0.29, 0.717) is 36.3 Å². The predicted octanol–water partition coefficient (Wildman–Crippen LogP) is 4.55. The first-order valence-electron chi connectivity index (χ1n) is 10.7. The maximum absolute atomic E-state index is 13.4. The summed E-state index contributed by atoms with van der Waals surface area (Å²) in [4.78, 5) is 28.3. The summed E-state index contributed by atoms with van der Waals surface area (Å²) in [6, 6.07) is 14.1. The van der Waals surface area contributed by atoms with Crippen molar-refractivity contribution in [1.82, 2.24) is 4.90 Å². The Bertz CT molecular complexity index is 1140. The summed E-state index contributed by atoms with van der Waals surface area (Å²) in [5.41, 5.74) is 1.44. The van der Waals surface area contributed by atoms with Gasteiger partial charge >= 0.3 is 0 Å². The Kier molecular flexibility index (Phi) is 6.37. The van der Waals surface area contributed by atoms with Gasteiger partial charge in [0.05, 0.1) is 30.2 Å². The van der Waals surface area contributed by atoms with E-state index in [1.54, 1.807) is 36.3 Å². The van der Waals surface area contributed by atoms with E-state index in [1.165, 1.54) is 0 Å². The molecule has 1 unspecified atom stereocenters. The van der Waals surface area contributed by atoms with E-state index < -0.39 is 6.04 Å². The second-order valence-electron chi connectivity index (χ2n) is 7.69. The zero-order chi connectivity index (χ0) is 21.8. The lowest BCUT2D eigenvalue weighted by Gasteiger charge is -2.25. The van der Waals surface area contributed by atoms with Crippen LogP contribution < -0.4 is 10.2 Å². The first kappa shape index (κ1) is 21.1. The van der Waals surface area contributed by atoms with Gasteiger partial charge in [-0.1, -0.05) is 44.0 Å². The Morgan fingerprint density at radius 2 is 1.87 bits per heavy atom. The zero-order valence-electron chi connectivity index (χ0n) is 17.9. The predicted molar refractivity (Wildman–Crippen MR) is 119 cm³/mol. The van der Waals surface area contributed by atoms with Gasteiger partial charge in [0.25, 0.3) is 5.91 Å². The summed E-state index contributed by atoms with van der Waals surface area (Å²) in [5, 5.41) is 0.472. The van der Waals surface area contributed by atoms with Crippen LogP contribution in [0.15, 0.2) is 57.7 Å². The molecular weight excluding hydrogens is 394 g/mol. The summed E-state index contributed by atoms with van der Waals surface area (Å²) in [6.45, 7) is 3.50. The van der Waals surface area contributed by atoms with Gasteiger partial charge in [-0.25, -0.2) is 0 Å². The molecule has 6 nitrogen and oxygen atoms in total. The molecule has 3 aromatic rings. The molecule has 162 valence electrons. The van der Waals surface area contributed by atoms with E-state index in [2.05, 4.69) is 6.92 Å². The molecule has 1 aromatic heterocycles. The van der Waals surface area contributed by atoms with E-state index >= 15 is 0 Å². The van der Waals surface area contributed by atoms with Crippen LogP contribution in [-0.2, 0) is 4.74 Å². The largest absolute Gasteiger partial charge is 0.494 e. The number of unbranched alkanes of at least 4 members (excludes halogenated alkanes) is 2. The number of methoxy groups -OCH3 is 1. The molecule has 1 aliphatic heterocycles. The number of hydrogen-bond donors (Lipinski definition) is 0. The van der Waals surface area contributed by atoms with Crippen LogP contribution in [0.1, 0.15) is 53.9 Å². The molecule has 4 rings (SSSR count). The highest BCUT2D eigenvalue weighted by molar-refractivity contribution is 5.99. The Labute approximate surface area is 181 Å². The molecule has 0 saturated carbocycles. The molecule has 0 radical (unpaired) electrons. The quantitative estimate of drug-likeness (QED) is 0.474. The van der Waals surface area contributed by atoms with E-state index in [0.717, 1.165) is 30.6 Å². The van der Waals surface area contributed by atoms with Gasteiger partial charge in [0, 0.05) is 13.7 Å². The maximum Gasteiger partial charge on any atom is 0.290 e. The summed E-state index contributed by atoms with van der Waals surface area (Å²) in [5.74, 6) is 0.541. The molecule has 2 heterocycles. The Hall–Kier alpha value is -3.12. The monoisotopic (exact) mass is 421 g/mol. The number of benzene rings is 2. The number of carbonyl (C=O) groups is 1. The van der Waals surface area contributed by atoms with Crippen molar-refractivity contribution in [2.45, 2.75) is 32.2 Å². The minimum atomic E-state index is -0.544. The third kappa shape index (κ3) is 4.08. The zero-order valence-corrected chi connectivity index (χ0v) is 17.9. The van der Waals surface area contributed by atoms with Crippen LogP contribution in [0, 0.1) is 0 Å². The number of nitrogens with zero attached hydrogens (tertiary/aromatic N) is 1. The smallest absolute Gasteiger partial charge is 0.290 e. The van der Waals surface area contributed by atoms with Crippen molar-refractivity contribution in [3.63, 3.8) is 0 Å². The highest BCUT2D eigenvalue weighted by Crippen LogP contribution is 2.38. The number of para-hydroxylation sites is 1. The average Bonchev–Trinajstić information content (AvgIpc) is 3.07. The normalized spacial score (nSPS) is 15.5. The fourth-order valence-electron chi connectivity index (χ4n) is 4.05. The van der Waals surface area contributed by atoms with Gasteiger partial charge in [-0.15, -0.1) is 0 Å². The number of rotatable bonds is 9. The molecule has 1 atom stereocenters. The van der Waals surface area contributed by atoms with Crippen molar-refractivity contribution in [2.24, 2.45) is 0 Å². The maximum atomic E-state index is 13.4. The van der Waals surface area contributed by atoms with Crippen LogP contribution >= 0.6 is 0 Å². The molecular formula is C25H27NO5. The number of carbonyl (C=O) groups excluding carboxylic acids is 1. The molecule has 0 saturated heterocycles. The fraction of sp³-hybridized carbons (Fsp3) is 0.360. The van der Waals surface area contributed by atoms with E-state index in [1.807, 2.05) is 24.3 Å². The standard InChI is InChI=1S/C25H27NO5/c1-3-4-7-14-30-18-10-8-9-17(16-18)22-21-23(27)19-11-5-6-12-20(19)31-24(21)25(28)26(22)13-15-29-2/h5-6,8-12,16,22H,3-4,7,13-15H2,1-2H3. The second-order valence-corrected chi connectivity index (χ2v) is 7.69. The van der Waals surface area contributed by atoms with Crippen LogP contribution in [-0.4, -0.2) is 37.7 Å². The topological polar surface area (TPSA) is 69.0 Å². The van der Waals surface area contributed by atoms with Crippen LogP contribution in [0.5, 0.6) is 5.75 Å². The lowest BCUT2D eigenvalue weighted by molar-refractivity contribution is 0.0663. The van der Waals surface area contributed by atoms with Gasteiger partial charge in [-0.2, -0.15) is 0 Å². The molecule has 31 heavy (non-hydrogen) atoms. The minimum Gasteiger partial charge on any atom is -0.494 e. The molecule has 0 spiro atoms. The molecule has 0 N–H and O–H groups in total. The van der Waals surface area contributed by atoms with E-state index in [4.69, 9.17) is 13.9 Å². The van der Waals surface area contributed by atoms with Gasteiger partial charge < -0.3 is 18.8 Å². The van der Waals surface area contributed by atoms with Gasteiger partial charge in [0.15, 0.2) is 5.43 Å². The molecule has 1 amide bonds. The van der Waals surface area contributed by atoms with Gasteiger partial charge in [-0.3, -0.25) is 9.59 Å².